The first kappa shape index (κ1) is 5.50. The number of carbonyl (C=O) groups excluding carboxylic acids is 1. The zero-order valence-electron chi connectivity index (χ0n) is 5.37. The Morgan fingerprint density at radius 2 is 2.80 bits per heavy atom. The van der Waals surface area contributed by atoms with Crippen LogP contribution in [-0.4, -0.2) is 29.5 Å². The van der Waals surface area contributed by atoms with E-state index < -0.39 is 0 Å². The predicted octanol–water partition coefficient (Wildman–Crippen LogP) is -0.711. The van der Waals surface area contributed by atoms with Crippen molar-refractivity contribution in [2.75, 3.05) is 6.54 Å². The van der Waals surface area contributed by atoms with Crippen LogP contribution in [0.4, 0.5) is 0 Å². The fourth-order valence-electron chi connectivity index (χ4n) is 1.08. The van der Waals surface area contributed by atoms with Crippen molar-refractivity contribution in [3.63, 3.8) is 0 Å². The van der Waals surface area contributed by atoms with E-state index in [0.29, 0.717) is 13.0 Å². The maximum Gasteiger partial charge on any atom is 0.223 e. The molecule has 0 aromatic heterocycles. The summed E-state index contributed by atoms with van der Waals surface area (Å²) in [6.45, 7) is 0.708. The van der Waals surface area contributed by atoms with Crippen LogP contribution in [0.15, 0.2) is 11.2 Å². The topological polar surface area (TPSA) is 44.7 Å². The molecular formula is C6H7N3O. The maximum atomic E-state index is 10.8. The van der Waals surface area contributed by atoms with Gasteiger partial charge in [-0.3, -0.25) is 9.80 Å². The number of hydrogen-bond acceptors (Lipinski definition) is 3. The van der Waals surface area contributed by atoms with Crippen LogP contribution in [0.3, 0.4) is 0 Å². The average molecular weight is 137 g/mol. The number of hydrazone groups is 1. The monoisotopic (exact) mass is 137 g/mol. The first-order valence-corrected chi connectivity index (χ1v) is 3.22. The SMILES string of the molecule is O=C1CCN2N=C=CC2N1. The molecule has 1 N–H and O–H groups in total. The van der Waals surface area contributed by atoms with E-state index in [0.717, 1.165) is 0 Å². The van der Waals surface area contributed by atoms with Crippen molar-refractivity contribution in [2.45, 2.75) is 12.6 Å². The Morgan fingerprint density at radius 3 is 3.70 bits per heavy atom. The Kier molecular flexibility index (Phi) is 1.02. The molecule has 2 aliphatic heterocycles. The second-order valence-corrected chi connectivity index (χ2v) is 2.32. The third kappa shape index (κ3) is 0.700. The smallest absolute Gasteiger partial charge is 0.223 e. The molecule has 4 nitrogen and oxygen atoms in total. The molecule has 0 radical (unpaired) electrons. The summed E-state index contributed by atoms with van der Waals surface area (Å²) in [5.41, 5.74) is 0. The van der Waals surface area contributed by atoms with Gasteiger partial charge in [0, 0.05) is 24.9 Å². The fourth-order valence-corrected chi connectivity index (χ4v) is 1.08. The molecule has 52 valence electrons. The molecule has 1 amide bonds. The molecular weight excluding hydrogens is 130 g/mol. The molecule has 2 rings (SSSR count). The van der Waals surface area contributed by atoms with Gasteiger partial charge in [0.15, 0.2) is 0 Å². The van der Waals surface area contributed by atoms with Gasteiger partial charge in [-0.2, -0.15) is 0 Å². The first-order chi connectivity index (χ1) is 4.86. The number of rotatable bonds is 0. The zero-order valence-corrected chi connectivity index (χ0v) is 5.37. The van der Waals surface area contributed by atoms with Gasteiger partial charge in [-0.15, -0.1) is 5.10 Å². The van der Waals surface area contributed by atoms with Crippen LogP contribution in [0, 0.1) is 0 Å². The summed E-state index contributed by atoms with van der Waals surface area (Å²) in [6, 6.07) is 0. The molecule has 2 aliphatic rings. The molecule has 10 heavy (non-hydrogen) atoms. The summed E-state index contributed by atoms with van der Waals surface area (Å²) in [5.74, 6) is 2.79. The lowest BCUT2D eigenvalue weighted by Gasteiger charge is -2.27. The van der Waals surface area contributed by atoms with Crippen molar-refractivity contribution in [2.24, 2.45) is 5.10 Å². The molecule has 1 fully saturated rings. The summed E-state index contributed by atoms with van der Waals surface area (Å²) in [5, 5.41) is 8.47. The fraction of sp³-hybridized carbons (Fsp3) is 0.500. The molecule has 4 heteroatoms. The molecule has 1 unspecified atom stereocenters. The van der Waals surface area contributed by atoms with Crippen LogP contribution in [0.5, 0.6) is 0 Å². The number of nitrogens with one attached hydrogen (secondary N) is 1. The Bertz CT molecular complexity index is 229. The zero-order chi connectivity index (χ0) is 6.97. The molecule has 0 saturated carbocycles. The Morgan fingerprint density at radius 1 is 1.90 bits per heavy atom. The number of amides is 1. The van der Waals surface area contributed by atoms with Crippen LogP contribution in [-0.2, 0) is 4.79 Å². The highest BCUT2D eigenvalue weighted by Gasteiger charge is 2.24. The Balaban J connectivity index is 2.13. The lowest BCUT2D eigenvalue weighted by Crippen LogP contribution is -2.49. The van der Waals surface area contributed by atoms with Crippen LogP contribution in [0.2, 0.25) is 0 Å². The van der Waals surface area contributed by atoms with Crippen LogP contribution < -0.4 is 5.32 Å². The molecule has 0 aliphatic carbocycles. The van der Waals surface area contributed by atoms with E-state index in [2.05, 4.69) is 16.3 Å². The third-order valence-corrected chi connectivity index (χ3v) is 1.62. The highest BCUT2D eigenvalue weighted by molar-refractivity contribution is 5.78. The quantitative estimate of drug-likeness (QED) is 0.479. The van der Waals surface area contributed by atoms with Gasteiger partial charge in [0.25, 0.3) is 0 Å². The van der Waals surface area contributed by atoms with Crippen molar-refractivity contribution in [3.05, 3.63) is 6.08 Å². The molecule has 1 atom stereocenters. The van der Waals surface area contributed by atoms with Gasteiger partial charge in [0.05, 0.1) is 0 Å². The standard InChI is InChI=1S/C6H7N3O/c10-6-2-4-9-5(8-6)1-3-7-9/h1,5H,2,4H2,(H,8,10). The number of carbonyl (C=O) groups is 1. The third-order valence-electron chi connectivity index (χ3n) is 1.62. The van der Waals surface area contributed by atoms with Gasteiger partial charge < -0.3 is 5.32 Å². The largest absolute Gasteiger partial charge is 0.331 e. The van der Waals surface area contributed by atoms with Crippen LogP contribution in [0.25, 0.3) is 0 Å². The van der Waals surface area contributed by atoms with Crippen LogP contribution in [0.1, 0.15) is 6.42 Å². The predicted molar refractivity (Wildman–Crippen MR) is 35.3 cm³/mol. The van der Waals surface area contributed by atoms with E-state index in [1.165, 1.54) is 0 Å². The molecule has 0 spiro atoms. The molecule has 0 bridgehead atoms. The summed E-state index contributed by atoms with van der Waals surface area (Å²) in [4.78, 5) is 10.8. The van der Waals surface area contributed by atoms with Gasteiger partial charge in [-0.25, -0.2) is 0 Å². The van der Waals surface area contributed by atoms with Gasteiger partial charge >= 0.3 is 0 Å². The minimum atomic E-state index is -0.0266. The van der Waals surface area contributed by atoms with E-state index in [1.54, 1.807) is 11.1 Å². The van der Waals surface area contributed by atoms with E-state index >= 15 is 0 Å². The van der Waals surface area contributed by atoms with Crippen molar-refractivity contribution in [1.29, 1.82) is 0 Å². The number of nitrogens with zero attached hydrogens (tertiary/aromatic N) is 2. The summed E-state index contributed by atoms with van der Waals surface area (Å²) in [7, 11) is 0. The lowest BCUT2D eigenvalue weighted by atomic mass is 10.3. The Labute approximate surface area is 58.2 Å². The van der Waals surface area contributed by atoms with Crippen molar-refractivity contribution >= 4 is 11.8 Å². The minimum Gasteiger partial charge on any atom is -0.331 e. The molecule has 0 aromatic carbocycles. The van der Waals surface area contributed by atoms with E-state index in [9.17, 15) is 4.79 Å². The molecule has 2 heterocycles. The average Bonchev–Trinajstić information content (AvgIpc) is 2.33. The van der Waals surface area contributed by atoms with Gasteiger partial charge in [0.1, 0.15) is 6.17 Å². The van der Waals surface area contributed by atoms with E-state index in [4.69, 9.17) is 0 Å². The normalized spacial score (nSPS) is 28.6. The van der Waals surface area contributed by atoms with E-state index in [1.807, 2.05) is 0 Å². The number of fused-ring (bicyclic) bond motifs is 1. The second-order valence-electron chi connectivity index (χ2n) is 2.32. The van der Waals surface area contributed by atoms with Crippen LogP contribution >= 0.6 is 0 Å². The molecule has 0 aromatic rings. The van der Waals surface area contributed by atoms with Gasteiger partial charge in [-0.05, 0) is 0 Å². The molecule has 1 saturated heterocycles. The highest BCUT2D eigenvalue weighted by Crippen LogP contribution is 2.08. The number of hydrogen-bond donors (Lipinski definition) is 1. The Hall–Kier alpha value is -1.28. The minimum absolute atomic E-state index is 0.0266. The first-order valence-electron chi connectivity index (χ1n) is 3.22. The van der Waals surface area contributed by atoms with E-state index in [-0.39, 0.29) is 12.1 Å². The van der Waals surface area contributed by atoms with Crippen molar-refractivity contribution < 1.29 is 4.79 Å². The summed E-state index contributed by atoms with van der Waals surface area (Å²) in [6.07, 6.45) is 2.26. The summed E-state index contributed by atoms with van der Waals surface area (Å²) >= 11 is 0. The van der Waals surface area contributed by atoms with Crippen molar-refractivity contribution in [3.8, 4) is 0 Å². The lowest BCUT2D eigenvalue weighted by molar-refractivity contribution is -0.125. The van der Waals surface area contributed by atoms with Gasteiger partial charge in [-0.1, -0.05) is 0 Å². The van der Waals surface area contributed by atoms with Gasteiger partial charge in [0.2, 0.25) is 5.91 Å². The van der Waals surface area contributed by atoms with Crippen molar-refractivity contribution in [1.82, 2.24) is 10.3 Å². The second kappa shape index (κ2) is 1.85. The highest BCUT2D eigenvalue weighted by atomic mass is 16.2. The maximum absolute atomic E-state index is 10.8. The summed E-state index contributed by atoms with van der Waals surface area (Å²) < 4.78 is 0.